The van der Waals surface area contributed by atoms with Crippen LogP contribution in [0.15, 0.2) is 36.4 Å². The summed E-state index contributed by atoms with van der Waals surface area (Å²) in [7, 11) is 0. The highest BCUT2D eigenvalue weighted by atomic mass is 19.2. The SMILES string of the molecule is CCC(Nc1cc(F)c(F)c(F)c1)c1cccc(F)c1. The van der Waals surface area contributed by atoms with Crippen LogP contribution in [0, 0.1) is 23.3 Å². The summed E-state index contributed by atoms with van der Waals surface area (Å²) in [6.07, 6.45) is 0.573. The molecule has 0 saturated heterocycles. The number of hydrogen-bond acceptors (Lipinski definition) is 1. The number of benzene rings is 2. The maximum absolute atomic E-state index is 13.2. The minimum absolute atomic E-state index is 0.109. The van der Waals surface area contributed by atoms with Crippen LogP contribution in [0.2, 0.25) is 0 Å². The van der Waals surface area contributed by atoms with Crippen molar-refractivity contribution in [3.63, 3.8) is 0 Å². The third-order valence-corrected chi connectivity index (χ3v) is 2.98. The maximum atomic E-state index is 13.2. The zero-order chi connectivity index (χ0) is 14.7. The van der Waals surface area contributed by atoms with E-state index >= 15 is 0 Å². The second-order valence-electron chi connectivity index (χ2n) is 4.41. The van der Waals surface area contributed by atoms with Crippen LogP contribution in [-0.2, 0) is 0 Å². The van der Waals surface area contributed by atoms with E-state index in [1.807, 2.05) is 6.92 Å². The van der Waals surface area contributed by atoms with Gasteiger partial charge in [0.1, 0.15) is 5.82 Å². The summed E-state index contributed by atoms with van der Waals surface area (Å²) in [6, 6.07) is 7.35. The van der Waals surface area contributed by atoms with E-state index in [-0.39, 0.29) is 17.5 Å². The van der Waals surface area contributed by atoms with E-state index in [1.165, 1.54) is 12.1 Å². The molecule has 0 bridgehead atoms. The van der Waals surface area contributed by atoms with Crippen molar-refractivity contribution < 1.29 is 17.6 Å². The van der Waals surface area contributed by atoms with E-state index in [4.69, 9.17) is 0 Å². The van der Waals surface area contributed by atoms with Crippen LogP contribution >= 0.6 is 0 Å². The largest absolute Gasteiger partial charge is 0.378 e. The lowest BCUT2D eigenvalue weighted by molar-refractivity contribution is 0.447. The Labute approximate surface area is 114 Å². The molecule has 106 valence electrons. The van der Waals surface area contributed by atoms with Crippen molar-refractivity contribution >= 4 is 5.69 Å². The van der Waals surface area contributed by atoms with Crippen molar-refractivity contribution in [1.29, 1.82) is 0 Å². The normalized spacial score (nSPS) is 12.2. The molecule has 20 heavy (non-hydrogen) atoms. The minimum Gasteiger partial charge on any atom is -0.378 e. The van der Waals surface area contributed by atoms with Crippen molar-refractivity contribution in [3.8, 4) is 0 Å². The number of nitrogens with one attached hydrogen (secondary N) is 1. The molecule has 1 unspecified atom stereocenters. The average molecular weight is 283 g/mol. The van der Waals surface area contributed by atoms with Gasteiger partial charge in [-0.25, -0.2) is 17.6 Å². The second kappa shape index (κ2) is 5.94. The van der Waals surface area contributed by atoms with Crippen molar-refractivity contribution in [3.05, 3.63) is 65.2 Å². The maximum Gasteiger partial charge on any atom is 0.194 e. The Kier molecular flexibility index (Phi) is 4.27. The smallest absolute Gasteiger partial charge is 0.194 e. The Morgan fingerprint density at radius 3 is 2.20 bits per heavy atom. The molecule has 0 spiro atoms. The highest BCUT2D eigenvalue weighted by molar-refractivity contribution is 5.46. The fourth-order valence-corrected chi connectivity index (χ4v) is 1.98. The Morgan fingerprint density at radius 2 is 1.65 bits per heavy atom. The Morgan fingerprint density at radius 1 is 1.00 bits per heavy atom. The molecule has 0 aliphatic heterocycles. The summed E-state index contributed by atoms with van der Waals surface area (Å²) in [5, 5.41) is 2.87. The van der Waals surface area contributed by atoms with Crippen LogP contribution in [0.5, 0.6) is 0 Å². The van der Waals surface area contributed by atoms with Crippen LogP contribution in [0.25, 0.3) is 0 Å². The first-order valence-electron chi connectivity index (χ1n) is 6.17. The Bertz CT molecular complexity index is 590. The average Bonchev–Trinajstić information content (AvgIpc) is 2.42. The molecule has 0 aromatic heterocycles. The quantitative estimate of drug-likeness (QED) is 0.627. The lowest BCUT2D eigenvalue weighted by Crippen LogP contribution is -2.10. The van der Waals surface area contributed by atoms with Gasteiger partial charge in [-0.1, -0.05) is 19.1 Å². The molecule has 5 heteroatoms. The molecule has 2 aromatic rings. The molecule has 1 atom stereocenters. The molecule has 0 radical (unpaired) electrons. The topological polar surface area (TPSA) is 12.0 Å². The number of anilines is 1. The number of halogens is 4. The van der Waals surface area contributed by atoms with Gasteiger partial charge < -0.3 is 5.32 Å². The van der Waals surface area contributed by atoms with E-state index in [9.17, 15) is 17.6 Å². The van der Waals surface area contributed by atoms with Gasteiger partial charge in [0, 0.05) is 17.8 Å². The summed E-state index contributed by atoms with van der Waals surface area (Å²) in [4.78, 5) is 0. The first kappa shape index (κ1) is 14.4. The molecule has 0 saturated carbocycles. The van der Waals surface area contributed by atoms with E-state index in [2.05, 4.69) is 5.32 Å². The van der Waals surface area contributed by atoms with E-state index in [1.54, 1.807) is 12.1 Å². The summed E-state index contributed by atoms with van der Waals surface area (Å²) in [5.74, 6) is -4.42. The molecule has 0 aliphatic rings. The van der Waals surface area contributed by atoms with Crippen molar-refractivity contribution in [2.24, 2.45) is 0 Å². The minimum atomic E-state index is -1.51. The summed E-state index contributed by atoms with van der Waals surface area (Å²) < 4.78 is 52.4. The van der Waals surface area contributed by atoms with Crippen LogP contribution in [0.4, 0.5) is 23.2 Å². The molecular formula is C15H13F4N. The van der Waals surface area contributed by atoms with Gasteiger partial charge in [-0.2, -0.15) is 0 Å². The van der Waals surface area contributed by atoms with Gasteiger partial charge in [0.25, 0.3) is 0 Å². The third kappa shape index (κ3) is 3.10. The monoisotopic (exact) mass is 283 g/mol. The van der Waals surface area contributed by atoms with Gasteiger partial charge in [-0.3, -0.25) is 0 Å². The highest BCUT2D eigenvalue weighted by Crippen LogP contribution is 2.25. The molecule has 0 heterocycles. The Hall–Kier alpha value is -2.04. The fraction of sp³-hybridized carbons (Fsp3) is 0.200. The molecule has 1 N–H and O–H groups in total. The standard InChI is InChI=1S/C15H13F4N/c1-2-14(9-4-3-5-10(16)6-9)20-11-7-12(17)15(19)13(18)8-11/h3-8,14,20H,2H2,1H3. The van der Waals surface area contributed by atoms with Crippen LogP contribution in [-0.4, -0.2) is 0 Å². The van der Waals surface area contributed by atoms with E-state index in [0.29, 0.717) is 12.0 Å². The summed E-state index contributed by atoms with van der Waals surface area (Å²) in [6.45, 7) is 1.85. The van der Waals surface area contributed by atoms with Crippen molar-refractivity contribution in [2.75, 3.05) is 5.32 Å². The van der Waals surface area contributed by atoms with Crippen LogP contribution in [0.3, 0.4) is 0 Å². The molecule has 0 fully saturated rings. The van der Waals surface area contributed by atoms with Crippen molar-refractivity contribution in [1.82, 2.24) is 0 Å². The fourth-order valence-electron chi connectivity index (χ4n) is 1.98. The van der Waals surface area contributed by atoms with E-state index in [0.717, 1.165) is 12.1 Å². The zero-order valence-electron chi connectivity index (χ0n) is 10.8. The number of hydrogen-bond donors (Lipinski definition) is 1. The van der Waals surface area contributed by atoms with Gasteiger partial charge in [0.05, 0.1) is 6.04 Å². The first-order valence-corrected chi connectivity index (χ1v) is 6.17. The molecule has 0 amide bonds. The first-order chi connectivity index (χ1) is 9.51. The van der Waals surface area contributed by atoms with Gasteiger partial charge in [-0.05, 0) is 24.1 Å². The summed E-state index contributed by atoms with van der Waals surface area (Å²) in [5.41, 5.74) is 0.759. The molecular weight excluding hydrogens is 270 g/mol. The van der Waals surface area contributed by atoms with E-state index < -0.39 is 17.5 Å². The predicted molar refractivity (Wildman–Crippen MR) is 69.4 cm³/mol. The molecule has 2 aromatic carbocycles. The zero-order valence-corrected chi connectivity index (χ0v) is 10.8. The predicted octanol–water partition coefficient (Wildman–Crippen LogP) is 4.81. The van der Waals surface area contributed by atoms with Crippen LogP contribution < -0.4 is 5.32 Å². The van der Waals surface area contributed by atoms with Gasteiger partial charge in [0.2, 0.25) is 0 Å². The molecule has 1 nitrogen and oxygen atoms in total. The van der Waals surface area contributed by atoms with Crippen molar-refractivity contribution in [2.45, 2.75) is 19.4 Å². The summed E-state index contributed by atoms with van der Waals surface area (Å²) >= 11 is 0. The lowest BCUT2D eigenvalue weighted by atomic mass is 10.0. The molecule has 0 aliphatic carbocycles. The van der Waals surface area contributed by atoms with Gasteiger partial charge in [-0.15, -0.1) is 0 Å². The Balaban J connectivity index is 2.27. The third-order valence-electron chi connectivity index (χ3n) is 2.98. The number of rotatable bonds is 4. The molecule has 2 rings (SSSR count). The lowest BCUT2D eigenvalue weighted by Gasteiger charge is -2.19. The van der Waals surface area contributed by atoms with Crippen LogP contribution in [0.1, 0.15) is 24.9 Å². The second-order valence-corrected chi connectivity index (χ2v) is 4.41. The van der Waals surface area contributed by atoms with Gasteiger partial charge >= 0.3 is 0 Å². The van der Waals surface area contributed by atoms with Gasteiger partial charge in [0.15, 0.2) is 17.5 Å². The highest BCUT2D eigenvalue weighted by Gasteiger charge is 2.14.